The Balaban J connectivity index is 1.47. The SMILES string of the molecule is O=C(NC(Cc1c[nH]c2ccccc12)C(=O)O)c1ccc[n+]([C@@H]2O[C@H](COP(=O)(O)O)[C@@H](O)[C@H]2O)c1. The number of carbonyl (C=O) groups excluding carboxylic acids is 1. The molecule has 0 saturated carbocycles. The smallest absolute Gasteiger partial charge is 0.469 e. The number of hydrogen-bond acceptors (Lipinski definition) is 7. The monoisotopic (exact) mass is 522 g/mol. The van der Waals surface area contributed by atoms with Gasteiger partial charge >= 0.3 is 13.8 Å². The maximum absolute atomic E-state index is 12.9. The van der Waals surface area contributed by atoms with Gasteiger partial charge in [-0.25, -0.2) is 9.36 Å². The topological polar surface area (TPSA) is 203 Å². The average molecular weight is 522 g/mol. The first-order valence-electron chi connectivity index (χ1n) is 10.8. The van der Waals surface area contributed by atoms with Gasteiger partial charge in [-0.1, -0.05) is 18.2 Å². The number of para-hydroxylation sites is 1. The lowest BCUT2D eigenvalue weighted by Gasteiger charge is -2.15. The molecule has 1 unspecified atom stereocenters. The quantitative estimate of drug-likeness (QED) is 0.143. The van der Waals surface area contributed by atoms with Crippen molar-refractivity contribution < 1.29 is 53.1 Å². The van der Waals surface area contributed by atoms with E-state index in [1.54, 1.807) is 6.20 Å². The number of nitrogens with one attached hydrogen (secondary N) is 2. The van der Waals surface area contributed by atoms with Crippen LogP contribution in [0, 0.1) is 0 Å². The van der Waals surface area contributed by atoms with Crippen molar-refractivity contribution in [1.29, 1.82) is 0 Å². The molecule has 0 bridgehead atoms. The van der Waals surface area contributed by atoms with Crippen LogP contribution in [0.5, 0.6) is 0 Å². The molecule has 0 radical (unpaired) electrons. The van der Waals surface area contributed by atoms with Gasteiger partial charge in [0.1, 0.15) is 23.8 Å². The number of nitrogens with zero attached hydrogens (tertiary/aromatic N) is 1. The summed E-state index contributed by atoms with van der Waals surface area (Å²) in [6.45, 7) is -0.673. The number of aliphatic hydroxyl groups excluding tert-OH is 2. The number of phosphoric acid groups is 1. The van der Waals surface area contributed by atoms with E-state index in [9.17, 15) is 29.5 Å². The molecule has 3 heterocycles. The van der Waals surface area contributed by atoms with E-state index in [1.165, 1.54) is 29.1 Å². The van der Waals surface area contributed by atoms with Gasteiger partial charge in [0.05, 0.1) is 6.61 Å². The minimum atomic E-state index is -4.82. The first-order valence-corrected chi connectivity index (χ1v) is 12.4. The fraction of sp³-hybridized carbons (Fsp3) is 0.318. The maximum Gasteiger partial charge on any atom is 0.469 e. The van der Waals surface area contributed by atoms with Gasteiger partial charge < -0.3 is 40.1 Å². The highest BCUT2D eigenvalue weighted by Gasteiger charge is 2.49. The molecular weight excluding hydrogens is 497 g/mol. The second-order valence-corrected chi connectivity index (χ2v) is 9.54. The summed E-state index contributed by atoms with van der Waals surface area (Å²) in [4.78, 5) is 45.5. The maximum atomic E-state index is 12.9. The van der Waals surface area contributed by atoms with Crippen LogP contribution in [-0.2, 0) is 25.0 Å². The fourth-order valence-electron chi connectivity index (χ4n) is 4.03. The second kappa shape index (κ2) is 10.4. The standard InChI is InChI=1S/C22H24N3O10P/c26-18-17(11-34-36(31,32)33)35-21(19(18)27)25-7-3-4-12(10-25)20(28)24-16(22(29)30)8-13-9-23-15-6-2-1-5-14(13)15/h1-7,9-10,16-19,21,23,26-27H,8,11H2,(H3-,24,28,29,30,31,32,33)/p+1/t16?,17-,18-,19-,21-/m1/s1. The molecule has 13 nitrogen and oxygen atoms in total. The lowest BCUT2D eigenvalue weighted by molar-refractivity contribution is -0.765. The van der Waals surface area contributed by atoms with E-state index < -0.39 is 56.9 Å². The molecule has 1 aromatic carbocycles. The summed E-state index contributed by atoms with van der Waals surface area (Å²) in [5, 5.41) is 33.6. The summed E-state index contributed by atoms with van der Waals surface area (Å²) in [6.07, 6.45) is -0.964. The number of ether oxygens (including phenoxy) is 1. The summed E-state index contributed by atoms with van der Waals surface area (Å²) in [7, 11) is -4.82. The molecule has 0 spiro atoms. The summed E-state index contributed by atoms with van der Waals surface area (Å²) >= 11 is 0. The van der Waals surface area contributed by atoms with Crippen LogP contribution in [0.15, 0.2) is 55.0 Å². The molecule has 7 N–H and O–H groups in total. The number of H-pyrrole nitrogens is 1. The molecule has 36 heavy (non-hydrogen) atoms. The van der Waals surface area contributed by atoms with Gasteiger partial charge in [-0.05, 0) is 17.7 Å². The van der Waals surface area contributed by atoms with Crippen LogP contribution < -0.4 is 9.88 Å². The number of carbonyl (C=O) groups is 2. The second-order valence-electron chi connectivity index (χ2n) is 8.30. The Kier molecular flexibility index (Phi) is 7.52. The Morgan fingerprint density at radius 2 is 1.92 bits per heavy atom. The Morgan fingerprint density at radius 1 is 1.17 bits per heavy atom. The molecule has 5 atom stereocenters. The summed E-state index contributed by atoms with van der Waals surface area (Å²) in [5.74, 6) is -1.91. The van der Waals surface area contributed by atoms with E-state index in [-0.39, 0.29) is 12.0 Å². The molecule has 0 aliphatic carbocycles. The number of benzene rings is 1. The molecule has 3 aromatic rings. The first-order chi connectivity index (χ1) is 17.0. The molecule has 1 fully saturated rings. The van der Waals surface area contributed by atoms with Crippen molar-refractivity contribution in [2.45, 2.75) is 37.0 Å². The van der Waals surface area contributed by atoms with Gasteiger partial charge in [0, 0.05) is 29.6 Å². The third-order valence-electron chi connectivity index (χ3n) is 5.82. The highest BCUT2D eigenvalue weighted by molar-refractivity contribution is 7.46. The van der Waals surface area contributed by atoms with Crippen LogP contribution in [0.4, 0.5) is 0 Å². The lowest BCUT2D eigenvalue weighted by atomic mass is 10.0. The van der Waals surface area contributed by atoms with E-state index in [1.807, 2.05) is 24.3 Å². The zero-order chi connectivity index (χ0) is 26.0. The largest absolute Gasteiger partial charge is 0.480 e. The van der Waals surface area contributed by atoms with Crippen LogP contribution in [0.2, 0.25) is 0 Å². The Bertz CT molecular complexity index is 1310. The number of rotatable bonds is 9. The predicted octanol–water partition coefficient (Wildman–Crippen LogP) is -0.390. The number of carboxylic acid groups (broad SMARTS) is 1. The van der Waals surface area contributed by atoms with Crippen molar-refractivity contribution in [3.05, 3.63) is 66.1 Å². The van der Waals surface area contributed by atoms with Gasteiger partial charge in [-0.2, -0.15) is 4.57 Å². The molecule has 1 amide bonds. The highest BCUT2D eigenvalue weighted by atomic mass is 31.2. The fourth-order valence-corrected chi connectivity index (χ4v) is 4.37. The minimum Gasteiger partial charge on any atom is -0.480 e. The lowest BCUT2D eigenvalue weighted by Crippen LogP contribution is -2.47. The first kappa shape index (κ1) is 25.9. The van der Waals surface area contributed by atoms with Crippen molar-refractivity contribution in [3.8, 4) is 0 Å². The number of aliphatic hydroxyl groups is 2. The molecule has 2 aromatic heterocycles. The van der Waals surface area contributed by atoms with Crippen LogP contribution in [0.3, 0.4) is 0 Å². The number of fused-ring (bicyclic) bond motifs is 1. The Morgan fingerprint density at radius 3 is 2.64 bits per heavy atom. The molecular formula is C22H25N3O10P+. The minimum absolute atomic E-state index is 0.0375. The summed E-state index contributed by atoms with van der Waals surface area (Å²) < 4.78 is 22.1. The molecule has 1 saturated heterocycles. The van der Waals surface area contributed by atoms with Crippen LogP contribution >= 0.6 is 7.82 Å². The number of aromatic amines is 1. The number of aliphatic carboxylic acids is 1. The van der Waals surface area contributed by atoms with Gasteiger partial charge in [-0.3, -0.25) is 9.32 Å². The third-order valence-corrected chi connectivity index (χ3v) is 6.31. The van der Waals surface area contributed by atoms with Crippen LogP contribution in [0.1, 0.15) is 22.1 Å². The zero-order valence-electron chi connectivity index (χ0n) is 18.7. The molecule has 14 heteroatoms. The number of phosphoric ester groups is 1. The highest BCUT2D eigenvalue weighted by Crippen LogP contribution is 2.37. The van der Waals surface area contributed by atoms with Gasteiger partial charge in [0.15, 0.2) is 18.5 Å². The zero-order valence-corrected chi connectivity index (χ0v) is 19.6. The molecule has 192 valence electrons. The number of amides is 1. The Hall–Kier alpha value is -3.16. The van der Waals surface area contributed by atoms with Crippen molar-refractivity contribution in [3.63, 3.8) is 0 Å². The van der Waals surface area contributed by atoms with E-state index in [2.05, 4.69) is 14.8 Å². The normalized spacial score (nSPS) is 23.0. The predicted molar refractivity (Wildman–Crippen MR) is 121 cm³/mol. The van der Waals surface area contributed by atoms with E-state index in [0.29, 0.717) is 0 Å². The molecule has 4 rings (SSSR count). The summed E-state index contributed by atoms with van der Waals surface area (Å²) in [6, 6.07) is 9.05. The van der Waals surface area contributed by atoms with E-state index in [4.69, 9.17) is 14.5 Å². The number of pyridine rings is 1. The van der Waals surface area contributed by atoms with E-state index in [0.717, 1.165) is 16.5 Å². The van der Waals surface area contributed by atoms with Crippen molar-refractivity contribution >= 4 is 30.6 Å². The Labute approximate surface area is 204 Å². The molecule has 1 aliphatic rings. The van der Waals surface area contributed by atoms with Gasteiger partial charge in [0.2, 0.25) is 0 Å². The van der Waals surface area contributed by atoms with E-state index >= 15 is 0 Å². The van der Waals surface area contributed by atoms with Crippen molar-refractivity contribution in [2.75, 3.05) is 6.61 Å². The average Bonchev–Trinajstić information content (AvgIpc) is 3.37. The van der Waals surface area contributed by atoms with Crippen LogP contribution in [-0.4, -0.2) is 72.9 Å². The third kappa shape index (κ3) is 5.79. The van der Waals surface area contributed by atoms with Gasteiger partial charge in [0.25, 0.3) is 12.1 Å². The van der Waals surface area contributed by atoms with Crippen LogP contribution in [0.25, 0.3) is 10.9 Å². The molecule has 1 aliphatic heterocycles. The number of carboxylic acids is 1. The van der Waals surface area contributed by atoms with Gasteiger partial charge in [-0.15, -0.1) is 0 Å². The van der Waals surface area contributed by atoms with Crippen molar-refractivity contribution in [2.24, 2.45) is 0 Å². The number of aromatic nitrogens is 2. The van der Waals surface area contributed by atoms with Crippen molar-refractivity contribution in [1.82, 2.24) is 10.3 Å². The number of hydrogen-bond donors (Lipinski definition) is 7. The summed E-state index contributed by atoms with van der Waals surface area (Å²) in [5.41, 5.74) is 1.62.